The molecule has 24 heavy (non-hydrogen) atoms. The van der Waals surface area contributed by atoms with Crippen LogP contribution in [-0.2, 0) is 22.7 Å². The second-order valence-electron chi connectivity index (χ2n) is 5.52. The highest BCUT2D eigenvalue weighted by Crippen LogP contribution is 2.35. The Hall–Kier alpha value is -2.93. The number of hydrogen-bond donors (Lipinski definition) is 1. The number of hydrogen-bond acceptors (Lipinski definition) is 5. The minimum Gasteiger partial charge on any atom is -0.467 e. The normalized spacial score (nSPS) is 17.6. The Morgan fingerprint density at radius 1 is 1.29 bits per heavy atom. The molecule has 2 aromatic rings. The van der Waals surface area contributed by atoms with Crippen LogP contribution in [0.4, 0.5) is 10.1 Å². The number of nitrogens with zero attached hydrogens (tertiary/aromatic N) is 2. The second kappa shape index (κ2) is 5.61. The molecule has 0 atom stereocenters. The quantitative estimate of drug-likeness (QED) is 0.679. The van der Waals surface area contributed by atoms with Crippen molar-refractivity contribution in [1.82, 2.24) is 0 Å². The maximum Gasteiger partial charge on any atom is 0.281 e. The van der Waals surface area contributed by atoms with Gasteiger partial charge in [-0.05, 0) is 18.2 Å². The molecule has 0 unspecified atom stereocenters. The molecule has 0 saturated heterocycles. The van der Waals surface area contributed by atoms with Crippen molar-refractivity contribution in [1.29, 1.82) is 0 Å². The molecule has 0 fully saturated rings. The lowest BCUT2D eigenvalue weighted by Crippen LogP contribution is -2.30. The van der Waals surface area contributed by atoms with Crippen molar-refractivity contribution in [2.24, 2.45) is 5.16 Å². The molecule has 7 heteroatoms. The molecular formula is C17H13FN2O4. The van der Waals surface area contributed by atoms with Gasteiger partial charge in [0, 0.05) is 16.7 Å². The molecule has 0 bridgehead atoms. The molecule has 0 saturated carbocycles. The lowest BCUT2D eigenvalue weighted by Gasteiger charge is -2.23. The number of anilines is 1. The maximum atomic E-state index is 13.9. The number of rotatable bonds is 2. The van der Waals surface area contributed by atoms with E-state index in [1.165, 1.54) is 17.0 Å². The van der Waals surface area contributed by atoms with Crippen molar-refractivity contribution >= 4 is 17.3 Å². The van der Waals surface area contributed by atoms with Crippen LogP contribution in [0.5, 0.6) is 5.75 Å². The van der Waals surface area contributed by atoms with E-state index in [1.807, 2.05) is 0 Å². The standard InChI is InChI=1S/C17H13FN2O4/c18-12-5-10(16-11(6-12)8-23-9-24-16)7-20-14-4-2-1-3-13(14)15(19-22)17(20)21/h1-6,22H,7-9H2/b19-15-. The fourth-order valence-electron chi connectivity index (χ4n) is 3.06. The molecule has 2 aromatic carbocycles. The first-order valence-electron chi connectivity index (χ1n) is 7.34. The van der Waals surface area contributed by atoms with Crippen LogP contribution >= 0.6 is 0 Å². The summed E-state index contributed by atoms with van der Waals surface area (Å²) in [5.41, 5.74) is 2.27. The molecule has 0 spiro atoms. The van der Waals surface area contributed by atoms with Gasteiger partial charge in [0.15, 0.2) is 12.5 Å². The summed E-state index contributed by atoms with van der Waals surface area (Å²) in [7, 11) is 0. The first kappa shape index (κ1) is 14.6. The molecule has 6 nitrogen and oxygen atoms in total. The van der Waals surface area contributed by atoms with Crippen molar-refractivity contribution in [2.45, 2.75) is 13.2 Å². The van der Waals surface area contributed by atoms with Crippen LogP contribution in [0.25, 0.3) is 0 Å². The Balaban J connectivity index is 1.77. The molecule has 1 amide bonds. The van der Waals surface area contributed by atoms with Gasteiger partial charge in [-0.1, -0.05) is 23.4 Å². The highest BCUT2D eigenvalue weighted by atomic mass is 19.1. The third kappa shape index (κ3) is 2.21. The number of fused-ring (bicyclic) bond motifs is 2. The summed E-state index contributed by atoms with van der Waals surface area (Å²) in [6.07, 6.45) is 0. The smallest absolute Gasteiger partial charge is 0.281 e. The summed E-state index contributed by atoms with van der Waals surface area (Å²) in [6.45, 7) is 0.447. The average Bonchev–Trinajstić information content (AvgIpc) is 2.86. The SMILES string of the molecule is O=C1/C(=N\O)c2ccccc2N1Cc1cc(F)cc2c1OCOC2. The van der Waals surface area contributed by atoms with Crippen LogP contribution in [0.3, 0.4) is 0 Å². The second-order valence-corrected chi connectivity index (χ2v) is 5.52. The fourth-order valence-corrected chi connectivity index (χ4v) is 3.06. The van der Waals surface area contributed by atoms with Crippen LogP contribution in [0.2, 0.25) is 0 Å². The Kier molecular flexibility index (Phi) is 3.42. The van der Waals surface area contributed by atoms with Gasteiger partial charge in [0.25, 0.3) is 5.91 Å². The average molecular weight is 328 g/mol. The number of benzene rings is 2. The van der Waals surface area contributed by atoms with E-state index in [1.54, 1.807) is 24.3 Å². The van der Waals surface area contributed by atoms with Gasteiger partial charge in [0.2, 0.25) is 0 Å². The summed E-state index contributed by atoms with van der Waals surface area (Å²) in [4.78, 5) is 14.0. The lowest BCUT2D eigenvalue weighted by atomic mass is 10.1. The number of oxime groups is 1. The number of amides is 1. The third-order valence-corrected chi connectivity index (χ3v) is 4.08. The molecule has 0 aromatic heterocycles. The molecule has 0 aliphatic carbocycles. The first-order valence-corrected chi connectivity index (χ1v) is 7.34. The Morgan fingerprint density at radius 2 is 2.12 bits per heavy atom. The monoisotopic (exact) mass is 328 g/mol. The van der Waals surface area contributed by atoms with Crippen LogP contribution in [0.15, 0.2) is 41.6 Å². The zero-order valence-corrected chi connectivity index (χ0v) is 12.5. The number of carbonyl (C=O) groups is 1. The van der Waals surface area contributed by atoms with Gasteiger partial charge in [-0.3, -0.25) is 4.79 Å². The number of ether oxygens (including phenoxy) is 2. The van der Waals surface area contributed by atoms with E-state index in [0.717, 1.165) is 0 Å². The van der Waals surface area contributed by atoms with Crippen molar-refractivity contribution in [3.8, 4) is 5.75 Å². The van der Waals surface area contributed by atoms with Gasteiger partial charge >= 0.3 is 0 Å². The van der Waals surface area contributed by atoms with Gasteiger partial charge < -0.3 is 19.6 Å². The largest absolute Gasteiger partial charge is 0.467 e. The van der Waals surface area contributed by atoms with Crippen LogP contribution in [0, 0.1) is 5.82 Å². The van der Waals surface area contributed by atoms with E-state index in [2.05, 4.69) is 5.16 Å². The molecular weight excluding hydrogens is 315 g/mol. The number of para-hydroxylation sites is 1. The maximum absolute atomic E-state index is 13.9. The van der Waals surface area contributed by atoms with Gasteiger partial charge in [0.1, 0.15) is 11.6 Å². The number of carbonyl (C=O) groups excluding carboxylic acids is 1. The van der Waals surface area contributed by atoms with E-state index in [0.29, 0.717) is 28.1 Å². The molecule has 2 aliphatic rings. The Bertz CT molecular complexity index is 866. The summed E-state index contributed by atoms with van der Waals surface area (Å²) in [6, 6.07) is 9.69. The van der Waals surface area contributed by atoms with Gasteiger partial charge in [0.05, 0.1) is 18.8 Å². The zero-order chi connectivity index (χ0) is 16.7. The number of halogens is 1. The molecule has 1 N–H and O–H groups in total. The summed E-state index contributed by atoms with van der Waals surface area (Å²) < 4.78 is 24.5. The van der Waals surface area contributed by atoms with Crippen LogP contribution in [-0.4, -0.2) is 23.6 Å². The van der Waals surface area contributed by atoms with Gasteiger partial charge in [-0.25, -0.2) is 4.39 Å². The van der Waals surface area contributed by atoms with Crippen molar-refractivity contribution in [2.75, 3.05) is 11.7 Å². The third-order valence-electron chi connectivity index (χ3n) is 4.08. The zero-order valence-electron chi connectivity index (χ0n) is 12.5. The highest BCUT2D eigenvalue weighted by Gasteiger charge is 2.35. The van der Waals surface area contributed by atoms with E-state index in [4.69, 9.17) is 14.7 Å². The van der Waals surface area contributed by atoms with Crippen molar-refractivity contribution < 1.29 is 23.9 Å². The van der Waals surface area contributed by atoms with E-state index >= 15 is 0 Å². The lowest BCUT2D eigenvalue weighted by molar-refractivity contribution is -0.112. The minimum absolute atomic E-state index is 0.0277. The van der Waals surface area contributed by atoms with E-state index < -0.39 is 11.7 Å². The molecule has 4 rings (SSSR count). The van der Waals surface area contributed by atoms with Gasteiger partial charge in [-0.2, -0.15) is 0 Å². The Labute approximate surface area is 136 Å². The van der Waals surface area contributed by atoms with Crippen molar-refractivity contribution in [3.05, 3.63) is 58.9 Å². The molecule has 2 heterocycles. The fraction of sp³-hybridized carbons (Fsp3) is 0.176. The van der Waals surface area contributed by atoms with Crippen molar-refractivity contribution in [3.63, 3.8) is 0 Å². The summed E-state index contributed by atoms with van der Waals surface area (Å²) in [5.74, 6) is -0.333. The predicted molar refractivity (Wildman–Crippen MR) is 82.6 cm³/mol. The summed E-state index contributed by atoms with van der Waals surface area (Å²) >= 11 is 0. The molecule has 122 valence electrons. The minimum atomic E-state index is -0.441. The van der Waals surface area contributed by atoms with Crippen LogP contribution in [0.1, 0.15) is 16.7 Å². The summed E-state index contributed by atoms with van der Waals surface area (Å²) in [5, 5.41) is 12.2. The topological polar surface area (TPSA) is 71.4 Å². The van der Waals surface area contributed by atoms with E-state index in [-0.39, 0.29) is 25.7 Å². The predicted octanol–water partition coefficient (Wildman–Crippen LogP) is 2.42. The highest BCUT2D eigenvalue weighted by molar-refractivity contribution is 6.54. The van der Waals surface area contributed by atoms with Crippen LogP contribution < -0.4 is 9.64 Å². The molecule has 2 aliphatic heterocycles. The Morgan fingerprint density at radius 3 is 2.96 bits per heavy atom. The van der Waals surface area contributed by atoms with E-state index in [9.17, 15) is 9.18 Å². The molecule has 0 radical (unpaired) electrons. The van der Waals surface area contributed by atoms with Gasteiger partial charge in [-0.15, -0.1) is 0 Å². The first-order chi connectivity index (χ1) is 11.7.